The van der Waals surface area contributed by atoms with E-state index in [1.165, 1.54) is 6.20 Å². The monoisotopic (exact) mass is 400 g/mol. The first-order chi connectivity index (χ1) is 14.0. The van der Waals surface area contributed by atoms with E-state index in [0.717, 1.165) is 23.9 Å². The summed E-state index contributed by atoms with van der Waals surface area (Å²) in [6.07, 6.45) is 2.27. The number of hydrogen-bond donors (Lipinski definition) is 0. The van der Waals surface area contributed by atoms with E-state index in [1.54, 1.807) is 17.0 Å². The van der Waals surface area contributed by atoms with Crippen LogP contribution in [0.15, 0.2) is 41.1 Å². The summed E-state index contributed by atoms with van der Waals surface area (Å²) in [5.74, 6) is -0.525. The van der Waals surface area contributed by atoms with E-state index in [4.69, 9.17) is 9.26 Å². The van der Waals surface area contributed by atoms with Gasteiger partial charge in [-0.3, -0.25) is 4.98 Å². The van der Waals surface area contributed by atoms with E-state index in [9.17, 15) is 13.6 Å². The predicted octanol–water partition coefficient (Wildman–Crippen LogP) is 4.10. The van der Waals surface area contributed by atoms with Crippen molar-refractivity contribution in [3.05, 3.63) is 59.7 Å². The Morgan fingerprint density at radius 3 is 2.72 bits per heavy atom. The molecule has 3 heterocycles. The van der Waals surface area contributed by atoms with Crippen molar-refractivity contribution in [1.82, 2.24) is 20.0 Å². The molecule has 0 bridgehead atoms. The van der Waals surface area contributed by atoms with Gasteiger partial charge in [0.1, 0.15) is 11.6 Å². The fraction of sp³-hybridized carbons (Fsp3) is 0.300. The van der Waals surface area contributed by atoms with Gasteiger partial charge in [-0.1, -0.05) is 5.16 Å². The maximum atomic E-state index is 13.9. The summed E-state index contributed by atoms with van der Waals surface area (Å²) in [7, 11) is 0. The minimum absolute atomic E-state index is 0.0470. The predicted molar refractivity (Wildman–Crippen MR) is 98.2 cm³/mol. The summed E-state index contributed by atoms with van der Waals surface area (Å²) in [4.78, 5) is 22.2. The maximum absolute atomic E-state index is 13.9. The molecule has 1 aliphatic heterocycles. The summed E-state index contributed by atoms with van der Waals surface area (Å²) >= 11 is 0. The van der Waals surface area contributed by atoms with Crippen LogP contribution in [-0.2, 0) is 0 Å². The van der Waals surface area contributed by atoms with Crippen molar-refractivity contribution in [1.29, 1.82) is 0 Å². The Labute approximate surface area is 165 Å². The van der Waals surface area contributed by atoms with Gasteiger partial charge in [-0.15, -0.1) is 0 Å². The van der Waals surface area contributed by atoms with E-state index in [0.29, 0.717) is 37.5 Å². The van der Waals surface area contributed by atoms with Crippen LogP contribution >= 0.6 is 0 Å². The highest BCUT2D eigenvalue weighted by Crippen LogP contribution is 2.29. The molecule has 1 aromatic carbocycles. The van der Waals surface area contributed by atoms with Gasteiger partial charge in [0.25, 0.3) is 5.89 Å². The number of ether oxygens (including phenoxy) is 1. The van der Waals surface area contributed by atoms with Crippen LogP contribution in [0.5, 0.6) is 5.75 Å². The molecule has 4 rings (SSSR count). The van der Waals surface area contributed by atoms with Gasteiger partial charge in [-0.2, -0.15) is 4.98 Å². The first-order valence-electron chi connectivity index (χ1n) is 9.18. The second kappa shape index (κ2) is 7.94. The number of benzene rings is 1. The van der Waals surface area contributed by atoms with Crippen molar-refractivity contribution in [3.8, 4) is 17.2 Å². The molecule has 1 saturated heterocycles. The molecule has 0 aliphatic carbocycles. The van der Waals surface area contributed by atoms with Gasteiger partial charge in [-0.25, -0.2) is 13.6 Å². The van der Waals surface area contributed by atoms with E-state index in [-0.39, 0.29) is 17.4 Å². The van der Waals surface area contributed by atoms with E-state index < -0.39 is 17.7 Å². The van der Waals surface area contributed by atoms with Gasteiger partial charge in [0.05, 0.1) is 11.8 Å². The molecule has 7 nitrogen and oxygen atoms in total. The third-order valence-corrected chi connectivity index (χ3v) is 4.81. The second-order valence-corrected chi connectivity index (χ2v) is 6.85. The van der Waals surface area contributed by atoms with Crippen molar-refractivity contribution in [3.63, 3.8) is 0 Å². The molecule has 0 saturated carbocycles. The molecule has 1 amide bonds. The van der Waals surface area contributed by atoms with Gasteiger partial charge >= 0.3 is 6.09 Å². The summed E-state index contributed by atoms with van der Waals surface area (Å²) in [5.41, 5.74) is 0.764. The number of pyridine rings is 1. The number of amides is 1. The lowest BCUT2D eigenvalue weighted by molar-refractivity contribution is 0.137. The quantitative estimate of drug-likeness (QED) is 0.659. The van der Waals surface area contributed by atoms with Crippen LogP contribution < -0.4 is 4.74 Å². The minimum Gasteiger partial charge on any atom is -0.409 e. The number of nitrogens with zero attached hydrogens (tertiary/aromatic N) is 4. The zero-order chi connectivity index (χ0) is 20.4. The number of halogens is 2. The van der Waals surface area contributed by atoms with Crippen LogP contribution in [0, 0.1) is 18.6 Å². The summed E-state index contributed by atoms with van der Waals surface area (Å²) in [6, 6.07) is 6.52. The maximum Gasteiger partial charge on any atom is 0.415 e. The Morgan fingerprint density at radius 2 is 2.00 bits per heavy atom. The highest BCUT2D eigenvalue weighted by molar-refractivity contribution is 5.70. The zero-order valence-electron chi connectivity index (χ0n) is 15.6. The Hall–Kier alpha value is -3.36. The fourth-order valence-electron chi connectivity index (χ4n) is 3.17. The SMILES string of the molecule is Cc1ccc(OC(=O)N2CCC(c3noc(-c4cc(F)ccc4F)n3)CC2)cn1. The lowest BCUT2D eigenvalue weighted by Crippen LogP contribution is -2.39. The van der Waals surface area contributed by atoms with Crippen LogP contribution in [0.3, 0.4) is 0 Å². The van der Waals surface area contributed by atoms with Gasteiger partial charge in [-0.05, 0) is 50.1 Å². The lowest BCUT2D eigenvalue weighted by Gasteiger charge is -2.29. The largest absolute Gasteiger partial charge is 0.415 e. The van der Waals surface area contributed by atoms with Crippen molar-refractivity contribution < 1.29 is 22.8 Å². The molecule has 1 fully saturated rings. The van der Waals surface area contributed by atoms with Crippen molar-refractivity contribution in [2.24, 2.45) is 0 Å². The van der Waals surface area contributed by atoms with Crippen molar-refractivity contribution in [2.45, 2.75) is 25.7 Å². The number of carbonyl (C=O) groups is 1. The number of aryl methyl sites for hydroxylation is 1. The first-order valence-corrected chi connectivity index (χ1v) is 9.18. The highest BCUT2D eigenvalue weighted by atomic mass is 19.1. The van der Waals surface area contributed by atoms with Crippen LogP contribution in [0.25, 0.3) is 11.5 Å². The number of rotatable bonds is 3. The van der Waals surface area contributed by atoms with Crippen molar-refractivity contribution in [2.75, 3.05) is 13.1 Å². The van der Waals surface area contributed by atoms with Gasteiger partial charge in [0.15, 0.2) is 11.6 Å². The van der Waals surface area contributed by atoms with Crippen LogP contribution in [0.1, 0.15) is 30.3 Å². The molecule has 29 heavy (non-hydrogen) atoms. The zero-order valence-corrected chi connectivity index (χ0v) is 15.6. The van der Waals surface area contributed by atoms with Gasteiger partial charge in [0.2, 0.25) is 0 Å². The molecule has 2 aromatic heterocycles. The minimum atomic E-state index is -0.634. The molecule has 150 valence electrons. The molecular formula is C20H18F2N4O3. The first kappa shape index (κ1) is 19.0. The Balaban J connectivity index is 1.37. The Morgan fingerprint density at radius 1 is 1.21 bits per heavy atom. The van der Waals surface area contributed by atoms with E-state index >= 15 is 0 Å². The van der Waals surface area contributed by atoms with Crippen LogP contribution in [0.4, 0.5) is 13.6 Å². The number of piperidine rings is 1. The highest BCUT2D eigenvalue weighted by Gasteiger charge is 2.28. The molecular weight excluding hydrogens is 382 g/mol. The summed E-state index contributed by atoms with van der Waals surface area (Å²) in [6.45, 7) is 2.77. The number of likely N-dealkylation sites (tertiary alicyclic amines) is 1. The number of hydrogen-bond acceptors (Lipinski definition) is 6. The summed E-state index contributed by atoms with van der Waals surface area (Å²) in [5, 5.41) is 3.91. The van der Waals surface area contributed by atoms with E-state index in [2.05, 4.69) is 15.1 Å². The molecule has 0 N–H and O–H groups in total. The van der Waals surface area contributed by atoms with E-state index in [1.807, 2.05) is 6.92 Å². The third-order valence-electron chi connectivity index (χ3n) is 4.81. The summed E-state index contributed by atoms with van der Waals surface area (Å²) < 4.78 is 37.7. The average Bonchev–Trinajstić information content (AvgIpc) is 3.21. The molecule has 9 heteroatoms. The molecule has 0 atom stereocenters. The molecule has 3 aromatic rings. The smallest absolute Gasteiger partial charge is 0.409 e. The molecule has 0 unspecified atom stereocenters. The fourth-order valence-corrected chi connectivity index (χ4v) is 3.17. The third kappa shape index (κ3) is 4.23. The normalized spacial score (nSPS) is 14.8. The molecule has 1 aliphatic rings. The average molecular weight is 400 g/mol. The van der Waals surface area contributed by atoms with Crippen LogP contribution in [-0.4, -0.2) is 39.2 Å². The molecule has 0 radical (unpaired) electrons. The standard InChI is InChI=1S/C20H18F2N4O3/c1-12-2-4-15(11-23-12)28-20(27)26-8-6-13(7-9-26)18-24-19(29-25-18)16-10-14(21)3-5-17(16)22/h2-5,10-11,13H,6-9H2,1H3. The lowest BCUT2D eigenvalue weighted by atomic mass is 9.96. The Kier molecular flexibility index (Phi) is 5.20. The van der Waals surface area contributed by atoms with Gasteiger partial charge in [0, 0.05) is 24.7 Å². The van der Waals surface area contributed by atoms with Crippen LogP contribution in [0.2, 0.25) is 0 Å². The number of carbonyl (C=O) groups excluding carboxylic acids is 1. The van der Waals surface area contributed by atoms with Crippen molar-refractivity contribution >= 4 is 6.09 Å². The number of aromatic nitrogens is 3. The topological polar surface area (TPSA) is 81.4 Å². The second-order valence-electron chi connectivity index (χ2n) is 6.85. The van der Waals surface area contributed by atoms with Gasteiger partial charge < -0.3 is 14.2 Å². The Bertz CT molecular complexity index is 1010. The molecule has 0 spiro atoms.